The van der Waals surface area contributed by atoms with Gasteiger partial charge in [-0.2, -0.15) is 15.0 Å². The Bertz CT molecular complexity index is 396. The van der Waals surface area contributed by atoms with Crippen LogP contribution in [0.1, 0.15) is 27.2 Å². The fourth-order valence-corrected chi connectivity index (χ4v) is 1.88. The Morgan fingerprint density at radius 3 is 2.68 bits per heavy atom. The third kappa shape index (κ3) is 3.66. The number of hydrogen-bond donors (Lipinski definition) is 2. The van der Waals surface area contributed by atoms with Crippen molar-refractivity contribution in [1.82, 2.24) is 15.0 Å². The zero-order chi connectivity index (χ0) is 13.7. The largest absolute Gasteiger partial charge is 0.464 e. The Kier molecular flexibility index (Phi) is 4.36. The van der Waals surface area contributed by atoms with Crippen molar-refractivity contribution in [3.63, 3.8) is 0 Å². The standard InChI is InChI=1S/C12H21N5O2/c1-4-13-9-14-10(16-11(15-9)19-5-2)17-12(3)6-7-18-8-12/h4-8H2,1-3H3,(H2,13,14,15,16,17). The van der Waals surface area contributed by atoms with E-state index >= 15 is 0 Å². The molecule has 19 heavy (non-hydrogen) atoms. The molecule has 0 bridgehead atoms. The number of aromatic nitrogens is 3. The smallest absolute Gasteiger partial charge is 0.323 e. The van der Waals surface area contributed by atoms with Gasteiger partial charge in [-0.25, -0.2) is 0 Å². The molecule has 1 aromatic heterocycles. The molecule has 0 spiro atoms. The van der Waals surface area contributed by atoms with Gasteiger partial charge in [0, 0.05) is 13.2 Å². The lowest BCUT2D eigenvalue weighted by Gasteiger charge is -2.23. The molecular weight excluding hydrogens is 246 g/mol. The maximum atomic E-state index is 5.41. The van der Waals surface area contributed by atoms with E-state index < -0.39 is 0 Å². The lowest BCUT2D eigenvalue weighted by molar-refractivity contribution is 0.185. The molecule has 7 nitrogen and oxygen atoms in total. The number of rotatable bonds is 6. The first-order chi connectivity index (χ1) is 9.15. The Balaban J connectivity index is 2.17. The summed E-state index contributed by atoms with van der Waals surface area (Å²) in [5, 5.41) is 6.38. The van der Waals surface area contributed by atoms with E-state index in [9.17, 15) is 0 Å². The fourth-order valence-electron chi connectivity index (χ4n) is 1.88. The van der Waals surface area contributed by atoms with Crippen LogP contribution in [0.25, 0.3) is 0 Å². The van der Waals surface area contributed by atoms with E-state index in [1.807, 2.05) is 13.8 Å². The highest BCUT2D eigenvalue weighted by atomic mass is 16.5. The highest BCUT2D eigenvalue weighted by Gasteiger charge is 2.30. The highest BCUT2D eigenvalue weighted by molar-refractivity contribution is 5.38. The third-order valence-corrected chi connectivity index (χ3v) is 2.86. The summed E-state index contributed by atoms with van der Waals surface area (Å²) in [4.78, 5) is 12.8. The molecule has 7 heteroatoms. The molecular formula is C12H21N5O2. The van der Waals surface area contributed by atoms with Crippen molar-refractivity contribution in [2.24, 2.45) is 0 Å². The fraction of sp³-hybridized carbons (Fsp3) is 0.750. The molecule has 2 N–H and O–H groups in total. The summed E-state index contributed by atoms with van der Waals surface area (Å²) in [7, 11) is 0. The van der Waals surface area contributed by atoms with Crippen LogP contribution < -0.4 is 15.4 Å². The number of nitrogens with zero attached hydrogens (tertiary/aromatic N) is 3. The summed E-state index contributed by atoms with van der Waals surface area (Å²) >= 11 is 0. The van der Waals surface area contributed by atoms with Gasteiger partial charge in [0.2, 0.25) is 11.9 Å². The summed E-state index contributed by atoms with van der Waals surface area (Å²) in [5.74, 6) is 1.04. The normalized spacial score (nSPS) is 22.3. The van der Waals surface area contributed by atoms with Gasteiger partial charge in [-0.05, 0) is 27.2 Å². The van der Waals surface area contributed by atoms with E-state index in [4.69, 9.17) is 9.47 Å². The second-order valence-corrected chi connectivity index (χ2v) is 4.72. The molecule has 0 radical (unpaired) electrons. The van der Waals surface area contributed by atoms with E-state index in [0.29, 0.717) is 31.1 Å². The van der Waals surface area contributed by atoms with Crippen molar-refractivity contribution in [3.8, 4) is 6.01 Å². The molecule has 1 aromatic rings. The topological polar surface area (TPSA) is 81.2 Å². The first kappa shape index (κ1) is 13.8. The van der Waals surface area contributed by atoms with Gasteiger partial charge in [0.1, 0.15) is 0 Å². The van der Waals surface area contributed by atoms with E-state index in [0.717, 1.165) is 19.6 Å². The number of ether oxygens (including phenoxy) is 2. The van der Waals surface area contributed by atoms with Crippen molar-refractivity contribution in [2.45, 2.75) is 32.7 Å². The molecule has 1 aliphatic heterocycles. The number of anilines is 2. The van der Waals surface area contributed by atoms with Crippen LogP contribution in [0.2, 0.25) is 0 Å². The molecule has 106 valence electrons. The van der Waals surface area contributed by atoms with Crippen molar-refractivity contribution in [1.29, 1.82) is 0 Å². The molecule has 1 fully saturated rings. The van der Waals surface area contributed by atoms with Gasteiger partial charge in [0.05, 0.1) is 18.8 Å². The van der Waals surface area contributed by atoms with Crippen molar-refractivity contribution < 1.29 is 9.47 Å². The van der Waals surface area contributed by atoms with Crippen molar-refractivity contribution in [2.75, 3.05) is 37.0 Å². The van der Waals surface area contributed by atoms with E-state index in [-0.39, 0.29) is 5.54 Å². The Hall–Kier alpha value is -1.63. The monoisotopic (exact) mass is 267 g/mol. The lowest BCUT2D eigenvalue weighted by Crippen LogP contribution is -2.36. The molecule has 0 amide bonds. The van der Waals surface area contributed by atoms with Crippen LogP contribution in [-0.4, -0.2) is 46.9 Å². The second kappa shape index (κ2) is 6.01. The van der Waals surface area contributed by atoms with Gasteiger partial charge >= 0.3 is 6.01 Å². The summed E-state index contributed by atoms with van der Waals surface area (Å²) in [6.45, 7) is 8.66. The summed E-state index contributed by atoms with van der Waals surface area (Å²) < 4.78 is 10.8. The molecule has 0 aliphatic carbocycles. The zero-order valence-corrected chi connectivity index (χ0v) is 11.7. The van der Waals surface area contributed by atoms with Gasteiger partial charge in [-0.3, -0.25) is 0 Å². The minimum Gasteiger partial charge on any atom is -0.464 e. The average Bonchev–Trinajstić information content (AvgIpc) is 2.76. The Labute approximate surface area is 113 Å². The quantitative estimate of drug-likeness (QED) is 0.803. The van der Waals surface area contributed by atoms with Gasteiger partial charge in [-0.15, -0.1) is 0 Å². The van der Waals surface area contributed by atoms with Crippen molar-refractivity contribution >= 4 is 11.9 Å². The number of hydrogen-bond acceptors (Lipinski definition) is 7. The van der Waals surface area contributed by atoms with Gasteiger partial charge < -0.3 is 20.1 Å². The van der Waals surface area contributed by atoms with Crippen molar-refractivity contribution in [3.05, 3.63) is 0 Å². The van der Waals surface area contributed by atoms with E-state index in [1.165, 1.54) is 0 Å². The van der Waals surface area contributed by atoms with Crippen LogP contribution in [0.15, 0.2) is 0 Å². The third-order valence-electron chi connectivity index (χ3n) is 2.86. The SMILES string of the molecule is CCNc1nc(NC2(C)CCOC2)nc(OCC)n1. The highest BCUT2D eigenvalue weighted by Crippen LogP contribution is 2.23. The van der Waals surface area contributed by atoms with Crippen LogP contribution in [0, 0.1) is 0 Å². The number of nitrogens with one attached hydrogen (secondary N) is 2. The van der Waals surface area contributed by atoms with E-state index in [2.05, 4.69) is 32.5 Å². The maximum absolute atomic E-state index is 5.41. The first-order valence-corrected chi connectivity index (χ1v) is 6.64. The van der Waals surface area contributed by atoms with Crippen LogP contribution in [-0.2, 0) is 4.74 Å². The minimum atomic E-state index is -0.131. The Morgan fingerprint density at radius 1 is 1.26 bits per heavy atom. The molecule has 2 heterocycles. The molecule has 0 aromatic carbocycles. The molecule has 1 aliphatic rings. The first-order valence-electron chi connectivity index (χ1n) is 6.64. The van der Waals surface area contributed by atoms with Crippen LogP contribution in [0.3, 0.4) is 0 Å². The summed E-state index contributed by atoms with van der Waals surface area (Å²) in [6, 6.07) is 0.332. The molecule has 1 saturated heterocycles. The summed E-state index contributed by atoms with van der Waals surface area (Å²) in [6.07, 6.45) is 0.930. The van der Waals surface area contributed by atoms with E-state index in [1.54, 1.807) is 0 Å². The predicted octanol–water partition coefficient (Wildman–Crippen LogP) is 1.29. The Morgan fingerprint density at radius 2 is 2.05 bits per heavy atom. The summed E-state index contributed by atoms with van der Waals surface area (Å²) in [5.41, 5.74) is -0.131. The van der Waals surface area contributed by atoms with Gasteiger partial charge in [-0.1, -0.05) is 0 Å². The van der Waals surface area contributed by atoms with Gasteiger partial charge in [0.15, 0.2) is 0 Å². The molecule has 2 rings (SSSR count). The average molecular weight is 267 g/mol. The minimum absolute atomic E-state index is 0.131. The molecule has 1 atom stereocenters. The molecule has 0 saturated carbocycles. The second-order valence-electron chi connectivity index (χ2n) is 4.72. The van der Waals surface area contributed by atoms with Gasteiger partial charge in [0.25, 0.3) is 0 Å². The lowest BCUT2D eigenvalue weighted by atomic mass is 10.0. The van der Waals surface area contributed by atoms with Crippen LogP contribution in [0.5, 0.6) is 6.01 Å². The van der Waals surface area contributed by atoms with Crippen LogP contribution >= 0.6 is 0 Å². The van der Waals surface area contributed by atoms with Crippen LogP contribution in [0.4, 0.5) is 11.9 Å². The zero-order valence-electron chi connectivity index (χ0n) is 11.7. The molecule has 1 unspecified atom stereocenters. The maximum Gasteiger partial charge on any atom is 0.323 e. The predicted molar refractivity (Wildman–Crippen MR) is 72.6 cm³/mol.